The molecule has 1 N–H and O–H groups in total. The van der Waals surface area contributed by atoms with Gasteiger partial charge in [-0.2, -0.15) is 0 Å². The van der Waals surface area contributed by atoms with Gasteiger partial charge in [-0.05, 0) is 37.9 Å². The van der Waals surface area contributed by atoms with Crippen LogP contribution < -0.4 is 10.1 Å². The van der Waals surface area contributed by atoms with E-state index >= 15 is 0 Å². The summed E-state index contributed by atoms with van der Waals surface area (Å²) in [7, 11) is 1.79. The van der Waals surface area contributed by atoms with Gasteiger partial charge in [-0.25, -0.2) is 0 Å². The molecule has 0 spiro atoms. The highest BCUT2D eigenvalue weighted by Gasteiger charge is 2.28. The third-order valence-corrected chi connectivity index (χ3v) is 5.40. The molecule has 2 heterocycles. The summed E-state index contributed by atoms with van der Waals surface area (Å²) >= 11 is 0. The van der Waals surface area contributed by atoms with Crippen LogP contribution in [0.15, 0.2) is 24.3 Å². The summed E-state index contributed by atoms with van der Waals surface area (Å²) in [5, 5.41) is 3.46. The molecule has 1 aromatic carbocycles. The van der Waals surface area contributed by atoms with Gasteiger partial charge in [-0.1, -0.05) is 25.1 Å². The van der Waals surface area contributed by atoms with Crippen molar-refractivity contribution in [2.45, 2.75) is 25.8 Å². The molecule has 4 nitrogen and oxygen atoms in total. The Labute approximate surface area is 140 Å². The maximum Gasteiger partial charge on any atom is 0.123 e. The molecule has 1 atom stereocenters. The molecular formula is C19H31N3O. The molecule has 0 saturated carbocycles. The molecule has 3 rings (SSSR count). The van der Waals surface area contributed by atoms with E-state index < -0.39 is 0 Å². The van der Waals surface area contributed by atoms with Crippen LogP contribution in [0.25, 0.3) is 0 Å². The summed E-state index contributed by atoms with van der Waals surface area (Å²) in [6, 6.07) is 9.02. The molecule has 4 heteroatoms. The number of methoxy groups -OCH3 is 1. The Kier molecular flexibility index (Phi) is 5.92. The number of rotatable bonds is 5. The van der Waals surface area contributed by atoms with Crippen LogP contribution in [0.5, 0.6) is 5.75 Å². The lowest BCUT2D eigenvalue weighted by molar-refractivity contribution is 0.0954. The Balaban J connectivity index is 1.80. The minimum absolute atomic E-state index is 0.441. The molecular weight excluding hydrogens is 286 g/mol. The van der Waals surface area contributed by atoms with Crippen molar-refractivity contribution in [3.05, 3.63) is 29.8 Å². The highest BCUT2D eigenvalue weighted by atomic mass is 16.5. The Morgan fingerprint density at radius 2 is 1.83 bits per heavy atom. The van der Waals surface area contributed by atoms with Gasteiger partial charge < -0.3 is 10.1 Å². The van der Waals surface area contributed by atoms with E-state index in [1.807, 2.05) is 0 Å². The molecule has 0 amide bonds. The van der Waals surface area contributed by atoms with E-state index in [0.717, 1.165) is 44.4 Å². The summed E-state index contributed by atoms with van der Waals surface area (Å²) in [5.41, 5.74) is 1.35. The molecule has 23 heavy (non-hydrogen) atoms. The third-order valence-electron chi connectivity index (χ3n) is 5.40. The first-order chi connectivity index (χ1) is 11.3. The summed E-state index contributed by atoms with van der Waals surface area (Å²) in [6.45, 7) is 10.4. The van der Waals surface area contributed by atoms with Crippen LogP contribution >= 0.6 is 0 Å². The fourth-order valence-corrected chi connectivity index (χ4v) is 3.83. The molecule has 128 valence electrons. The zero-order chi connectivity index (χ0) is 16.1. The molecule has 2 saturated heterocycles. The van der Waals surface area contributed by atoms with Gasteiger partial charge in [0.05, 0.1) is 13.2 Å². The maximum atomic E-state index is 5.67. The van der Waals surface area contributed by atoms with Crippen molar-refractivity contribution in [3.8, 4) is 5.75 Å². The smallest absolute Gasteiger partial charge is 0.123 e. The molecule has 0 aromatic heterocycles. The van der Waals surface area contributed by atoms with Gasteiger partial charge in [0.1, 0.15) is 5.75 Å². The average molecular weight is 317 g/mol. The lowest BCUT2D eigenvalue weighted by atomic mass is 9.95. The molecule has 1 unspecified atom stereocenters. The van der Waals surface area contributed by atoms with Crippen LogP contribution in [-0.4, -0.2) is 62.7 Å². The van der Waals surface area contributed by atoms with Crippen LogP contribution in [0.1, 0.15) is 31.4 Å². The standard InChI is InChI=1S/C19H31N3O/c1-16-7-11-22(12-8-16)18(15-21-13-9-20-10-14-21)17-5-3-4-6-19(17)23-2/h3-6,16,18,20H,7-15H2,1-2H3. The molecule has 1 aromatic rings. The molecule has 0 radical (unpaired) electrons. The summed E-state index contributed by atoms with van der Waals surface area (Å²) in [4.78, 5) is 5.28. The van der Waals surface area contributed by atoms with Crippen LogP contribution in [0.4, 0.5) is 0 Å². The minimum atomic E-state index is 0.441. The van der Waals surface area contributed by atoms with Crippen molar-refractivity contribution in [1.82, 2.24) is 15.1 Å². The quantitative estimate of drug-likeness (QED) is 0.902. The van der Waals surface area contributed by atoms with Crippen LogP contribution in [0.2, 0.25) is 0 Å². The fraction of sp³-hybridized carbons (Fsp3) is 0.684. The van der Waals surface area contributed by atoms with Crippen LogP contribution in [0.3, 0.4) is 0 Å². The predicted molar refractivity (Wildman–Crippen MR) is 95.0 cm³/mol. The van der Waals surface area contributed by atoms with E-state index in [-0.39, 0.29) is 0 Å². The molecule has 0 bridgehead atoms. The van der Waals surface area contributed by atoms with E-state index in [2.05, 4.69) is 46.3 Å². The van der Waals surface area contributed by atoms with E-state index in [9.17, 15) is 0 Å². The summed E-state index contributed by atoms with van der Waals surface area (Å²) in [5.74, 6) is 1.90. The minimum Gasteiger partial charge on any atom is -0.496 e. The number of para-hydroxylation sites is 1. The zero-order valence-corrected chi connectivity index (χ0v) is 14.6. The second kappa shape index (κ2) is 8.13. The molecule has 2 aliphatic rings. The first-order valence-electron chi connectivity index (χ1n) is 9.08. The monoisotopic (exact) mass is 317 g/mol. The largest absolute Gasteiger partial charge is 0.496 e. The molecule has 0 aliphatic carbocycles. The van der Waals surface area contributed by atoms with E-state index in [4.69, 9.17) is 4.74 Å². The zero-order valence-electron chi connectivity index (χ0n) is 14.6. The molecule has 2 aliphatic heterocycles. The number of piperazine rings is 1. The van der Waals surface area contributed by atoms with Gasteiger partial charge in [0, 0.05) is 38.3 Å². The number of hydrogen-bond donors (Lipinski definition) is 1. The number of nitrogens with zero attached hydrogens (tertiary/aromatic N) is 2. The van der Waals surface area contributed by atoms with Crippen molar-refractivity contribution >= 4 is 0 Å². The fourth-order valence-electron chi connectivity index (χ4n) is 3.83. The van der Waals surface area contributed by atoms with Crippen molar-refractivity contribution < 1.29 is 4.74 Å². The second-order valence-electron chi connectivity index (χ2n) is 7.03. The lowest BCUT2D eigenvalue weighted by Crippen LogP contribution is -2.48. The highest BCUT2D eigenvalue weighted by Crippen LogP contribution is 2.33. The Morgan fingerprint density at radius 1 is 1.13 bits per heavy atom. The van der Waals surface area contributed by atoms with Crippen molar-refractivity contribution in [1.29, 1.82) is 0 Å². The van der Waals surface area contributed by atoms with Gasteiger partial charge >= 0.3 is 0 Å². The first-order valence-corrected chi connectivity index (χ1v) is 9.08. The Bertz CT molecular complexity index is 479. The van der Waals surface area contributed by atoms with Gasteiger partial charge in [0.2, 0.25) is 0 Å². The van der Waals surface area contributed by atoms with Crippen LogP contribution in [-0.2, 0) is 0 Å². The van der Waals surface area contributed by atoms with Crippen LogP contribution in [0, 0.1) is 5.92 Å². The average Bonchev–Trinajstić information content (AvgIpc) is 2.61. The van der Waals surface area contributed by atoms with Gasteiger partial charge in [-0.3, -0.25) is 9.80 Å². The van der Waals surface area contributed by atoms with Crippen molar-refractivity contribution in [2.75, 3.05) is 52.9 Å². The van der Waals surface area contributed by atoms with Crippen molar-refractivity contribution in [3.63, 3.8) is 0 Å². The SMILES string of the molecule is COc1ccccc1C(CN1CCNCC1)N1CCC(C)CC1. The number of ether oxygens (including phenoxy) is 1. The predicted octanol–water partition coefficient (Wildman–Crippen LogP) is 2.37. The Hall–Kier alpha value is -1.10. The van der Waals surface area contributed by atoms with Gasteiger partial charge in [-0.15, -0.1) is 0 Å². The number of likely N-dealkylation sites (tertiary alicyclic amines) is 1. The maximum absolute atomic E-state index is 5.67. The number of hydrogen-bond acceptors (Lipinski definition) is 4. The topological polar surface area (TPSA) is 27.7 Å². The number of benzene rings is 1. The first kappa shape index (κ1) is 16.7. The molecule has 2 fully saturated rings. The normalized spacial score (nSPS) is 22.9. The van der Waals surface area contributed by atoms with Gasteiger partial charge in [0.15, 0.2) is 0 Å². The second-order valence-corrected chi connectivity index (χ2v) is 7.03. The van der Waals surface area contributed by atoms with E-state index in [1.54, 1.807) is 7.11 Å². The van der Waals surface area contributed by atoms with E-state index in [0.29, 0.717) is 6.04 Å². The number of nitrogens with one attached hydrogen (secondary N) is 1. The summed E-state index contributed by atoms with van der Waals surface area (Å²) < 4.78 is 5.67. The van der Waals surface area contributed by atoms with E-state index in [1.165, 1.54) is 31.5 Å². The summed E-state index contributed by atoms with van der Waals surface area (Å²) in [6.07, 6.45) is 2.63. The van der Waals surface area contributed by atoms with Gasteiger partial charge in [0.25, 0.3) is 0 Å². The highest BCUT2D eigenvalue weighted by molar-refractivity contribution is 5.36. The lowest BCUT2D eigenvalue weighted by Gasteiger charge is -2.40. The Morgan fingerprint density at radius 3 is 2.52 bits per heavy atom. The number of piperidine rings is 1. The third kappa shape index (κ3) is 4.25. The van der Waals surface area contributed by atoms with Crippen molar-refractivity contribution in [2.24, 2.45) is 5.92 Å².